The van der Waals surface area contributed by atoms with Gasteiger partial charge in [0.15, 0.2) is 0 Å². The van der Waals surface area contributed by atoms with Gasteiger partial charge in [-0.3, -0.25) is 0 Å². The molecule has 0 aliphatic heterocycles. The van der Waals surface area contributed by atoms with E-state index >= 15 is 0 Å². The van der Waals surface area contributed by atoms with Gasteiger partial charge < -0.3 is 5.73 Å². The third-order valence-corrected chi connectivity index (χ3v) is 2.97. The van der Waals surface area contributed by atoms with E-state index in [2.05, 4.69) is 22.4 Å². The summed E-state index contributed by atoms with van der Waals surface area (Å²) in [5.41, 5.74) is 8.01. The summed E-state index contributed by atoms with van der Waals surface area (Å²) < 4.78 is 0. The molecule has 3 nitrogen and oxygen atoms in total. The van der Waals surface area contributed by atoms with Gasteiger partial charge in [-0.05, 0) is 23.6 Å². The second-order valence-corrected chi connectivity index (χ2v) is 4.26. The summed E-state index contributed by atoms with van der Waals surface area (Å²) in [5, 5.41) is 10.8. The summed E-state index contributed by atoms with van der Waals surface area (Å²) in [4.78, 5) is 0. The van der Waals surface area contributed by atoms with Crippen molar-refractivity contribution < 1.29 is 0 Å². The van der Waals surface area contributed by atoms with Crippen LogP contribution in [-0.2, 0) is 0 Å². The molecule has 0 saturated heterocycles. The molecule has 0 aliphatic rings. The molecule has 0 heterocycles. The summed E-state index contributed by atoms with van der Waals surface area (Å²) in [6.07, 6.45) is 0. The number of para-hydroxylation sites is 1. The van der Waals surface area contributed by atoms with Gasteiger partial charge in [0, 0.05) is 5.39 Å². The van der Waals surface area contributed by atoms with Crippen LogP contribution in [0.1, 0.15) is 0 Å². The molecule has 0 radical (unpaired) electrons. The van der Waals surface area contributed by atoms with E-state index in [4.69, 9.17) is 5.73 Å². The molecule has 19 heavy (non-hydrogen) atoms. The summed E-state index contributed by atoms with van der Waals surface area (Å²) >= 11 is 0. The van der Waals surface area contributed by atoms with Crippen LogP contribution >= 0.6 is 0 Å². The van der Waals surface area contributed by atoms with E-state index in [0.717, 1.165) is 16.5 Å². The summed E-state index contributed by atoms with van der Waals surface area (Å²) in [6.45, 7) is 0. The van der Waals surface area contributed by atoms with Crippen molar-refractivity contribution in [1.29, 1.82) is 0 Å². The molecule has 2 N–H and O–H groups in total. The van der Waals surface area contributed by atoms with E-state index < -0.39 is 0 Å². The van der Waals surface area contributed by atoms with Crippen molar-refractivity contribution in [3.63, 3.8) is 0 Å². The Labute approximate surface area is 111 Å². The smallest absolute Gasteiger partial charge is 0.109 e. The van der Waals surface area contributed by atoms with Gasteiger partial charge in [0.05, 0.1) is 11.4 Å². The fourth-order valence-corrected chi connectivity index (χ4v) is 1.98. The number of nitrogens with zero attached hydrogens (tertiary/aromatic N) is 2. The second kappa shape index (κ2) is 4.90. The molecule has 3 aromatic carbocycles. The first-order valence-corrected chi connectivity index (χ1v) is 6.08. The SMILES string of the molecule is Nc1ccccc1/N=N/c1cccc2ccccc12. The number of azo groups is 1. The lowest BCUT2D eigenvalue weighted by molar-refractivity contribution is 1.24. The number of rotatable bonds is 2. The normalized spacial score (nSPS) is 11.2. The molecule has 3 aromatic rings. The van der Waals surface area contributed by atoms with Crippen LogP contribution in [0.4, 0.5) is 17.1 Å². The second-order valence-electron chi connectivity index (χ2n) is 4.26. The van der Waals surface area contributed by atoms with Crippen LogP contribution in [0.5, 0.6) is 0 Å². The quantitative estimate of drug-likeness (QED) is 0.511. The Bertz CT molecular complexity index is 742. The average molecular weight is 247 g/mol. The van der Waals surface area contributed by atoms with Crippen molar-refractivity contribution in [3.8, 4) is 0 Å². The van der Waals surface area contributed by atoms with E-state index in [9.17, 15) is 0 Å². The minimum Gasteiger partial charge on any atom is -0.397 e. The Hall–Kier alpha value is -2.68. The average Bonchev–Trinajstić information content (AvgIpc) is 2.46. The Balaban J connectivity index is 2.04. The predicted octanol–water partition coefficient (Wildman–Crippen LogP) is 4.84. The molecular formula is C16H13N3. The number of nitrogen functional groups attached to an aromatic ring is 1. The van der Waals surface area contributed by atoms with E-state index in [-0.39, 0.29) is 0 Å². The third kappa shape index (κ3) is 2.31. The van der Waals surface area contributed by atoms with Crippen molar-refractivity contribution >= 4 is 27.8 Å². The molecule has 0 saturated carbocycles. The number of benzene rings is 3. The highest BCUT2D eigenvalue weighted by Gasteiger charge is 1.99. The maximum atomic E-state index is 5.84. The maximum Gasteiger partial charge on any atom is 0.109 e. The Morgan fingerprint density at radius 3 is 2.16 bits per heavy atom. The molecular weight excluding hydrogens is 234 g/mol. The van der Waals surface area contributed by atoms with Gasteiger partial charge in [-0.1, -0.05) is 48.5 Å². The van der Waals surface area contributed by atoms with E-state index in [1.54, 1.807) is 0 Å². The molecule has 0 atom stereocenters. The van der Waals surface area contributed by atoms with Gasteiger partial charge in [0.1, 0.15) is 5.69 Å². The van der Waals surface area contributed by atoms with Crippen molar-refractivity contribution in [1.82, 2.24) is 0 Å². The van der Waals surface area contributed by atoms with Gasteiger partial charge in [-0.15, -0.1) is 10.2 Å². The number of hydrogen-bond acceptors (Lipinski definition) is 3. The number of fused-ring (bicyclic) bond motifs is 1. The van der Waals surface area contributed by atoms with E-state index in [1.165, 1.54) is 0 Å². The summed E-state index contributed by atoms with van der Waals surface area (Å²) in [7, 11) is 0. The van der Waals surface area contributed by atoms with Crippen LogP contribution < -0.4 is 5.73 Å². The first kappa shape index (κ1) is 11.4. The first-order valence-electron chi connectivity index (χ1n) is 6.08. The highest BCUT2D eigenvalue weighted by molar-refractivity contribution is 5.92. The molecule has 0 aliphatic carbocycles. The zero-order chi connectivity index (χ0) is 13.1. The number of hydrogen-bond donors (Lipinski definition) is 1. The van der Waals surface area contributed by atoms with Gasteiger partial charge in [0.2, 0.25) is 0 Å². The summed E-state index contributed by atoms with van der Waals surface area (Å²) in [5.74, 6) is 0. The highest BCUT2D eigenvalue weighted by Crippen LogP contribution is 2.28. The monoisotopic (exact) mass is 247 g/mol. The molecule has 0 fully saturated rings. The lowest BCUT2D eigenvalue weighted by Gasteiger charge is -2.01. The molecule has 3 rings (SSSR count). The van der Waals surface area contributed by atoms with Crippen LogP contribution in [0.3, 0.4) is 0 Å². The predicted molar refractivity (Wildman–Crippen MR) is 79.0 cm³/mol. The molecule has 92 valence electrons. The standard InChI is InChI=1S/C16H13N3/c17-14-9-3-4-10-16(14)19-18-15-11-5-7-12-6-1-2-8-13(12)15/h1-11H,17H2/b19-18+. The first-order chi connectivity index (χ1) is 9.34. The zero-order valence-corrected chi connectivity index (χ0v) is 10.3. The Kier molecular flexibility index (Phi) is 2.94. The zero-order valence-electron chi connectivity index (χ0n) is 10.3. The topological polar surface area (TPSA) is 50.7 Å². The summed E-state index contributed by atoms with van der Waals surface area (Å²) in [6, 6.07) is 21.5. The minimum atomic E-state index is 0.631. The maximum absolute atomic E-state index is 5.84. The van der Waals surface area contributed by atoms with Crippen LogP contribution in [0.15, 0.2) is 77.0 Å². The molecule has 0 bridgehead atoms. The molecule has 0 aromatic heterocycles. The van der Waals surface area contributed by atoms with Crippen molar-refractivity contribution in [2.75, 3.05) is 5.73 Å². The molecule has 0 spiro atoms. The van der Waals surface area contributed by atoms with Gasteiger partial charge in [-0.25, -0.2) is 0 Å². The van der Waals surface area contributed by atoms with Crippen molar-refractivity contribution in [2.45, 2.75) is 0 Å². The number of nitrogens with two attached hydrogens (primary N) is 1. The number of anilines is 1. The van der Waals surface area contributed by atoms with E-state index in [1.807, 2.05) is 54.6 Å². The lowest BCUT2D eigenvalue weighted by Crippen LogP contribution is -1.82. The van der Waals surface area contributed by atoms with Crippen LogP contribution in [0.2, 0.25) is 0 Å². The fraction of sp³-hybridized carbons (Fsp3) is 0. The largest absolute Gasteiger partial charge is 0.397 e. The van der Waals surface area contributed by atoms with Crippen molar-refractivity contribution in [2.24, 2.45) is 10.2 Å². The fourth-order valence-electron chi connectivity index (χ4n) is 1.98. The lowest BCUT2D eigenvalue weighted by atomic mass is 10.1. The minimum absolute atomic E-state index is 0.631. The van der Waals surface area contributed by atoms with E-state index in [0.29, 0.717) is 11.4 Å². The Morgan fingerprint density at radius 1 is 0.632 bits per heavy atom. The van der Waals surface area contributed by atoms with Crippen molar-refractivity contribution in [3.05, 3.63) is 66.7 Å². The molecule has 0 amide bonds. The third-order valence-electron chi connectivity index (χ3n) is 2.97. The van der Waals surface area contributed by atoms with Gasteiger partial charge in [-0.2, -0.15) is 0 Å². The van der Waals surface area contributed by atoms with Crippen LogP contribution in [0.25, 0.3) is 10.8 Å². The van der Waals surface area contributed by atoms with Crippen LogP contribution in [-0.4, -0.2) is 0 Å². The highest BCUT2D eigenvalue weighted by atomic mass is 15.1. The van der Waals surface area contributed by atoms with Crippen LogP contribution in [0, 0.1) is 0 Å². The van der Waals surface area contributed by atoms with Gasteiger partial charge in [0.25, 0.3) is 0 Å². The van der Waals surface area contributed by atoms with Gasteiger partial charge >= 0.3 is 0 Å². The molecule has 3 heteroatoms. The Morgan fingerprint density at radius 2 is 1.26 bits per heavy atom. The molecule has 0 unspecified atom stereocenters.